The van der Waals surface area contributed by atoms with Crippen LogP contribution in [-0.2, 0) is 4.74 Å². The van der Waals surface area contributed by atoms with E-state index >= 15 is 0 Å². The van der Waals surface area contributed by atoms with Crippen molar-refractivity contribution in [1.29, 1.82) is 5.26 Å². The molecule has 58 valence electrons. The van der Waals surface area contributed by atoms with Crippen LogP contribution in [0.25, 0.3) is 0 Å². The van der Waals surface area contributed by atoms with Gasteiger partial charge in [-0.2, -0.15) is 5.26 Å². The molecule has 0 aromatic heterocycles. The third-order valence-corrected chi connectivity index (χ3v) is 3.83. The Labute approximate surface area is 70.1 Å². The number of epoxide rings is 1. The van der Waals surface area contributed by atoms with Gasteiger partial charge in [0.25, 0.3) is 0 Å². The number of nitriles is 1. The standard InChI is InChI=1S/C8H8ClNO/c9-8(3-10)2-4-1-5(8)7-6(4)11-7/h4-7H,1-2H2/t4-,5+,6-,7-,8-/m1/s1. The van der Waals surface area contributed by atoms with Crippen LogP contribution in [0, 0.1) is 23.2 Å². The Bertz CT molecular complexity index is 261. The van der Waals surface area contributed by atoms with Crippen LogP contribution in [0.5, 0.6) is 0 Å². The van der Waals surface area contributed by atoms with Crippen LogP contribution < -0.4 is 0 Å². The molecule has 0 aromatic carbocycles. The van der Waals surface area contributed by atoms with E-state index in [4.69, 9.17) is 21.6 Å². The topological polar surface area (TPSA) is 36.3 Å². The summed E-state index contributed by atoms with van der Waals surface area (Å²) >= 11 is 6.13. The van der Waals surface area contributed by atoms with Crippen molar-refractivity contribution in [3.8, 4) is 6.07 Å². The maximum Gasteiger partial charge on any atom is 0.136 e. The number of halogens is 1. The van der Waals surface area contributed by atoms with Crippen LogP contribution in [0.3, 0.4) is 0 Å². The third kappa shape index (κ3) is 0.579. The summed E-state index contributed by atoms with van der Waals surface area (Å²) in [5, 5.41) is 8.85. The molecule has 2 aliphatic carbocycles. The largest absolute Gasteiger partial charge is 0.369 e. The molecule has 0 spiro atoms. The fraction of sp³-hybridized carbons (Fsp3) is 0.875. The zero-order chi connectivity index (χ0) is 7.64. The van der Waals surface area contributed by atoms with Gasteiger partial charge in [0.15, 0.2) is 0 Å². The average molecular weight is 170 g/mol. The molecular formula is C8H8ClNO. The summed E-state index contributed by atoms with van der Waals surface area (Å²) in [6.07, 6.45) is 2.77. The Morgan fingerprint density at radius 2 is 2.36 bits per heavy atom. The van der Waals surface area contributed by atoms with E-state index in [1.54, 1.807) is 0 Å². The Hall–Kier alpha value is -0.260. The molecule has 0 radical (unpaired) electrons. The second-order valence-electron chi connectivity index (χ2n) is 3.85. The van der Waals surface area contributed by atoms with Crippen molar-refractivity contribution in [1.82, 2.24) is 0 Å². The summed E-state index contributed by atoms with van der Waals surface area (Å²) in [7, 11) is 0. The quantitative estimate of drug-likeness (QED) is 0.405. The molecule has 1 saturated heterocycles. The average Bonchev–Trinajstić information content (AvgIpc) is 2.65. The third-order valence-electron chi connectivity index (χ3n) is 3.31. The predicted octanol–water partition coefficient (Wildman–Crippen LogP) is 1.29. The lowest BCUT2D eigenvalue weighted by atomic mass is 9.89. The normalized spacial score (nSPS) is 64.0. The van der Waals surface area contributed by atoms with Gasteiger partial charge in [0.05, 0.1) is 18.3 Å². The highest BCUT2D eigenvalue weighted by Gasteiger charge is 2.68. The van der Waals surface area contributed by atoms with E-state index in [1.165, 1.54) is 0 Å². The van der Waals surface area contributed by atoms with Crippen molar-refractivity contribution in [3.63, 3.8) is 0 Å². The number of ether oxygens (including phenoxy) is 1. The molecule has 0 amide bonds. The van der Waals surface area contributed by atoms with E-state index in [0.29, 0.717) is 24.0 Å². The molecule has 3 aliphatic rings. The summed E-state index contributed by atoms with van der Waals surface area (Å²) in [5.41, 5.74) is 0. The fourth-order valence-electron chi connectivity index (χ4n) is 2.74. The molecule has 3 rings (SSSR count). The van der Waals surface area contributed by atoms with E-state index in [-0.39, 0.29) is 0 Å². The SMILES string of the molecule is N#C[C@]1(Cl)C[C@H]2C[C@H]1[C@H]1O[C@H]21. The lowest BCUT2D eigenvalue weighted by Gasteiger charge is -2.20. The van der Waals surface area contributed by atoms with E-state index in [2.05, 4.69) is 6.07 Å². The first-order valence-electron chi connectivity index (χ1n) is 4.00. The minimum absolute atomic E-state index is 0.323. The molecule has 0 unspecified atom stereocenters. The summed E-state index contributed by atoms with van der Waals surface area (Å²) in [5.74, 6) is 0.909. The van der Waals surface area contributed by atoms with Crippen molar-refractivity contribution in [2.45, 2.75) is 29.9 Å². The summed E-state index contributed by atoms with van der Waals surface area (Å²) in [6.45, 7) is 0. The van der Waals surface area contributed by atoms with Crippen molar-refractivity contribution >= 4 is 11.6 Å². The summed E-state index contributed by atoms with van der Waals surface area (Å²) < 4.78 is 5.40. The molecule has 2 bridgehead atoms. The van der Waals surface area contributed by atoms with E-state index in [9.17, 15) is 0 Å². The number of hydrogen-bond acceptors (Lipinski definition) is 2. The predicted molar refractivity (Wildman–Crippen MR) is 39.1 cm³/mol. The van der Waals surface area contributed by atoms with Gasteiger partial charge in [-0.1, -0.05) is 0 Å². The van der Waals surface area contributed by atoms with E-state index < -0.39 is 4.87 Å². The van der Waals surface area contributed by atoms with Crippen molar-refractivity contribution in [2.75, 3.05) is 0 Å². The van der Waals surface area contributed by atoms with Gasteiger partial charge in [-0.15, -0.1) is 11.6 Å². The number of rotatable bonds is 0. The van der Waals surface area contributed by atoms with Crippen molar-refractivity contribution < 1.29 is 4.74 Å². The molecule has 1 aliphatic heterocycles. The Morgan fingerprint density at radius 1 is 1.55 bits per heavy atom. The van der Waals surface area contributed by atoms with E-state index in [1.807, 2.05) is 0 Å². The van der Waals surface area contributed by atoms with Gasteiger partial charge in [0, 0.05) is 5.92 Å². The van der Waals surface area contributed by atoms with Crippen molar-refractivity contribution in [3.05, 3.63) is 0 Å². The number of alkyl halides is 1. The van der Waals surface area contributed by atoms with Crippen LogP contribution in [0.2, 0.25) is 0 Å². The molecular weight excluding hydrogens is 162 g/mol. The van der Waals surface area contributed by atoms with Gasteiger partial charge in [-0.25, -0.2) is 0 Å². The van der Waals surface area contributed by atoms with Gasteiger partial charge < -0.3 is 4.74 Å². The molecule has 11 heavy (non-hydrogen) atoms. The molecule has 0 N–H and O–H groups in total. The van der Waals surface area contributed by atoms with Gasteiger partial charge in [-0.05, 0) is 18.8 Å². The zero-order valence-corrected chi connectivity index (χ0v) is 6.71. The molecule has 0 aromatic rings. The second kappa shape index (κ2) is 1.57. The van der Waals surface area contributed by atoms with Crippen LogP contribution in [0.4, 0.5) is 0 Å². The van der Waals surface area contributed by atoms with Crippen LogP contribution >= 0.6 is 11.6 Å². The molecule has 1 heterocycles. The molecule has 2 nitrogen and oxygen atoms in total. The Morgan fingerprint density at radius 3 is 2.91 bits per heavy atom. The van der Waals surface area contributed by atoms with Gasteiger partial charge >= 0.3 is 0 Å². The molecule has 5 atom stereocenters. The first-order chi connectivity index (χ1) is 5.24. The lowest BCUT2D eigenvalue weighted by Crippen LogP contribution is -2.31. The molecule has 2 saturated carbocycles. The van der Waals surface area contributed by atoms with Crippen molar-refractivity contribution in [2.24, 2.45) is 11.8 Å². The first-order valence-corrected chi connectivity index (χ1v) is 4.38. The van der Waals surface area contributed by atoms with E-state index in [0.717, 1.165) is 12.8 Å². The van der Waals surface area contributed by atoms with Crippen LogP contribution in [0.15, 0.2) is 0 Å². The number of hydrogen-bond donors (Lipinski definition) is 0. The highest BCUT2D eigenvalue weighted by atomic mass is 35.5. The number of fused-ring (bicyclic) bond motifs is 5. The maximum absolute atomic E-state index is 8.85. The Balaban J connectivity index is 1.99. The minimum atomic E-state index is -0.581. The first kappa shape index (κ1) is 6.28. The van der Waals surface area contributed by atoms with Crippen LogP contribution in [-0.4, -0.2) is 17.1 Å². The smallest absolute Gasteiger partial charge is 0.136 e. The fourth-order valence-corrected chi connectivity index (χ4v) is 3.15. The maximum atomic E-state index is 8.85. The molecule has 3 heteroatoms. The Kier molecular flexibility index (Phi) is 0.898. The monoisotopic (exact) mass is 169 g/mol. The molecule has 3 fully saturated rings. The van der Waals surface area contributed by atoms with Gasteiger partial charge in [0.1, 0.15) is 4.87 Å². The highest BCUT2D eigenvalue weighted by Crippen LogP contribution is 2.62. The minimum Gasteiger partial charge on any atom is -0.369 e. The highest BCUT2D eigenvalue weighted by molar-refractivity contribution is 6.26. The summed E-state index contributed by atoms with van der Waals surface area (Å²) in [6, 6.07) is 2.21. The van der Waals surface area contributed by atoms with Gasteiger partial charge in [0.2, 0.25) is 0 Å². The van der Waals surface area contributed by atoms with Gasteiger partial charge in [-0.3, -0.25) is 0 Å². The summed E-state index contributed by atoms with van der Waals surface area (Å²) in [4.78, 5) is -0.581. The zero-order valence-electron chi connectivity index (χ0n) is 5.96. The lowest BCUT2D eigenvalue weighted by molar-refractivity contribution is 0.261. The van der Waals surface area contributed by atoms with Crippen LogP contribution in [0.1, 0.15) is 12.8 Å². The second-order valence-corrected chi connectivity index (χ2v) is 4.52. The number of nitrogens with zero attached hydrogens (tertiary/aromatic N) is 1.